The molecule has 0 unspecified atom stereocenters. The minimum absolute atomic E-state index is 0.0544. The van der Waals surface area contributed by atoms with Crippen LogP contribution in [-0.4, -0.2) is 35.0 Å². The number of carboxylic acid groups (broad SMARTS) is 1. The molecule has 0 aliphatic carbocycles. The topological polar surface area (TPSA) is 81.6 Å². The summed E-state index contributed by atoms with van der Waals surface area (Å²) >= 11 is 3.42. The third kappa shape index (κ3) is 6.54. The van der Waals surface area contributed by atoms with Crippen LogP contribution in [-0.2, 0) is 12.0 Å². The summed E-state index contributed by atoms with van der Waals surface area (Å²) < 4.78 is 27.7. The number of benzene rings is 2. The fraction of sp³-hybridized carbons (Fsp3) is 0.350. The summed E-state index contributed by atoms with van der Waals surface area (Å²) in [5, 5.41) is 25.0. The SMILES string of the molecule is CC(C)(NC[C@@H](O)[C@H](Cc1cc(F)cc(F)c1)NC(=O)O)c1cccc(Br)c1. The summed E-state index contributed by atoms with van der Waals surface area (Å²) in [6.07, 6.45) is -2.50. The molecule has 1 amide bonds. The van der Waals surface area contributed by atoms with E-state index in [1.165, 1.54) is 0 Å². The zero-order chi connectivity index (χ0) is 20.9. The number of hydrogen-bond acceptors (Lipinski definition) is 3. The van der Waals surface area contributed by atoms with Gasteiger partial charge in [-0.05, 0) is 55.7 Å². The van der Waals surface area contributed by atoms with Crippen LogP contribution in [0.4, 0.5) is 13.6 Å². The van der Waals surface area contributed by atoms with E-state index in [-0.39, 0.29) is 18.5 Å². The first-order valence-electron chi connectivity index (χ1n) is 8.70. The summed E-state index contributed by atoms with van der Waals surface area (Å²) in [4.78, 5) is 11.1. The molecule has 0 fully saturated rings. The normalized spacial score (nSPS) is 13.8. The van der Waals surface area contributed by atoms with Crippen LogP contribution in [0, 0.1) is 11.6 Å². The zero-order valence-electron chi connectivity index (χ0n) is 15.5. The molecule has 0 saturated heterocycles. The van der Waals surface area contributed by atoms with Crippen molar-refractivity contribution in [2.45, 2.75) is 38.0 Å². The molecular formula is C20H23BrF2N2O3. The van der Waals surface area contributed by atoms with Crippen LogP contribution in [0.15, 0.2) is 46.9 Å². The van der Waals surface area contributed by atoms with Gasteiger partial charge in [0.25, 0.3) is 0 Å². The van der Waals surface area contributed by atoms with Crippen molar-refractivity contribution >= 4 is 22.0 Å². The van der Waals surface area contributed by atoms with Gasteiger partial charge < -0.3 is 20.8 Å². The Morgan fingerprint density at radius 2 is 1.82 bits per heavy atom. The van der Waals surface area contributed by atoms with E-state index < -0.39 is 35.4 Å². The van der Waals surface area contributed by atoms with Gasteiger partial charge in [-0.1, -0.05) is 28.1 Å². The summed E-state index contributed by atoms with van der Waals surface area (Å²) in [5.74, 6) is -1.51. The number of amides is 1. The first kappa shape index (κ1) is 22.3. The van der Waals surface area contributed by atoms with Gasteiger partial charge in [0.1, 0.15) is 11.6 Å². The zero-order valence-corrected chi connectivity index (χ0v) is 17.1. The lowest BCUT2D eigenvalue weighted by atomic mass is 9.93. The highest BCUT2D eigenvalue weighted by Gasteiger charge is 2.26. The van der Waals surface area contributed by atoms with Gasteiger partial charge in [-0.2, -0.15) is 0 Å². The molecule has 0 heterocycles. The van der Waals surface area contributed by atoms with Gasteiger partial charge in [-0.25, -0.2) is 13.6 Å². The molecule has 2 aromatic carbocycles. The van der Waals surface area contributed by atoms with Crippen LogP contribution in [0.5, 0.6) is 0 Å². The smallest absolute Gasteiger partial charge is 0.404 e. The maximum absolute atomic E-state index is 13.4. The number of hydrogen-bond donors (Lipinski definition) is 4. The summed E-state index contributed by atoms with van der Waals surface area (Å²) in [5.41, 5.74) is 0.731. The predicted molar refractivity (Wildman–Crippen MR) is 106 cm³/mol. The third-order valence-corrected chi connectivity index (χ3v) is 4.94. The average Bonchev–Trinajstić information content (AvgIpc) is 2.58. The molecule has 0 aromatic heterocycles. The summed E-state index contributed by atoms with van der Waals surface area (Å²) in [6, 6.07) is 9.71. The fourth-order valence-electron chi connectivity index (χ4n) is 2.91. The van der Waals surface area contributed by atoms with Crippen molar-refractivity contribution in [3.63, 3.8) is 0 Å². The van der Waals surface area contributed by atoms with Crippen molar-refractivity contribution in [2.24, 2.45) is 0 Å². The number of aliphatic hydroxyl groups is 1. The van der Waals surface area contributed by atoms with Gasteiger partial charge in [-0.15, -0.1) is 0 Å². The number of nitrogens with one attached hydrogen (secondary N) is 2. The average molecular weight is 457 g/mol. The van der Waals surface area contributed by atoms with E-state index in [0.29, 0.717) is 0 Å². The van der Waals surface area contributed by atoms with E-state index in [1.807, 2.05) is 38.1 Å². The highest BCUT2D eigenvalue weighted by molar-refractivity contribution is 9.10. The molecule has 2 atom stereocenters. The van der Waals surface area contributed by atoms with Crippen LogP contribution in [0.1, 0.15) is 25.0 Å². The molecule has 0 radical (unpaired) electrons. The molecule has 4 N–H and O–H groups in total. The van der Waals surface area contributed by atoms with E-state index >= 15 is 0 Å². The van der Waals surface area contributed by atoms with Gasteiger partial charge in [0.2, 0.25) is 0 Å². The first-order chi connectivity index (χ1) is 13.1. The van der Waals surface area contributed by atoms with E-state index in [4.69, 9.17) is 5.11 Å². The largest absolute Gasteiger partial charge is 0.465 e. The molecule has 0 aliphatic heterocycles. The molecule has 152 valence electrons. The van der Waals surface area contributed by atoms with E-state index in [9.17, 15) is 18.7 Å². The van der Waals surface area contributed by atoms with Crippen molar-refractivity contribution in [1.29, 1.82) is 0 Å². The Bertz CT molecular complexity index is 813. The molecule has 8 heteroatoms. The Kier molecular flexibility index (Phi) is 7.51. The van der Waals surface area contributed by atoms with Crippen LogP contribution < -0.4 is 10.6 Å². The van der Waals surface area contributed by atoms with E-state index in [0.717, 1.165) is 28.2 Å². The van der Waals surface area contributed by atoms with Crippen molar-refractivity contribution in [1.82, 2.24) is 10.6 Å². The highest BCUT2D eigenvalue weighted by atomic mass is 79.9. The fourth-order valence-corrected chi connectivity index (χ4v) is 3.31. The molecule has 0 saturated carbocycles. The third-order valence-electron chi connectivity index (χ3n) is 4.45. The monoisotopic (exact) mass is 456 g/mol. The maximum atomic E-state index is 13.4. The van der Waals surface area contributed by atoms with Crippen molar-refractivity contribution in [2.75, 3.05) is 6.54 Å². The number of aliphatic hydroxyl groups excluding tert-OH is 1. The van der Waals surface area contributed by atoms with Crippen molar-refractivity contribution in [3.05, 3.63) is 69.7 Å². The summed E-state index contributed by atoms with van der Waals surface area (Å²) in [7, 11) is 0. The number of halogens is 3. The van der Waals surface area contributed by atoms with Crippen molar-refractivity contribution in [3.8, 4) is 0 Å². The quantitative estimate of drug-likeness (QED) is 0.486. The second kappa shape index (κ2) is 9.45. The molecule has 0 aliphatic rings. The Hall–Kier alpha value is -2.03. The first-order valence-corrected chi connectivity index (χ1v) is 9.49. The van der Waals surface area contributed by atoms with Crippen LogP contribution >= 0.6 is 15.9 Å². The van der Waals surface area contributed by atoms with Gasteiger partial charge in [-0.3, -0.25) is 0 Å². The lowest BCUT2D eigenvalue weighted by molar-refractivity contribution is 0.110. The molecular weight excluding hydrogens is 434 g/mol. The molecule has 28 heavy (non-hydrogen) atoms. The Balaban J connectivity index is 2.09. The van der Waals surface area contributed by atoms with Crippen molar-refractivity contribution < 1.29 is 23.8 Å². The van der Waals surface area contributed by atoms with Gasteiger partial charge >= 0.3 is 6.09 Å². The second-order valence-electron chi connectivity index (χ2n) is 7.12. The Morgan fingerprint density at radius 3 is 2.39 bits per heavy atom. The lowest BCUT2D eigenvalue weighted by Gasteiger charge is -2.31. The molecule has 5 nitrogen and oxygen atoms in total. The highest BCUT2D eigenvalue weighted by Crippen LogP contribution is 2.23. The van der Waals surface area contributed by atoms with Crippen LogP contribution in [0.25, 0.3) is 0 Å². The minimum Gasteiger partial charge on any atom is -0.465 e. The van der Waals surface area contributed by atoms with Crippen LogP contribution in [0.2, 0.25) is 0 Å². The lowest BCUT2D eigenvalue weighted by Crippen LogP contribution is -2.51. The number of carbonyl (C=O) groups is 1. The molecule has 2 rings (SSSR count). The van der Waals surface area contributed by atoms with Gasteiger partial charge in [0, 0.05) is 22.6 Å². The predicted octanol–water partition coefficient (Wildman–Crippen LogP) is 3.79. The van der Waals surface area contributed by atoms with E-state index in [2.05, 4.69) is 26.6 Å². The Morgan fingerprint density at radius 1 is 1.18 bits per heavy atom. The van der Waals surface area contributed by atoms with Crippen LogP contribution in [0.3, 0.4) is 0 Å². The van der Waals surface area contributed by atoms with Gasteiger partial charge in [0.15, 0.2) is 0 Å². The standard InChI is InChI=1S/C20H23BrF2N2O3/c1-20(2,13-4-3-5-14(21)9-13)24-11-18(26)17(25-19(27)28)8-12-6-15(22)10-16(23)7-12/h3-7,9-10,17-18,24-26H,8,11H2,1-2H3,(H,27,28)/t17-,18+/m0/s1. The molecule has 0 bridgehead atoms. The summed E-state index contributed by atoms with van der Waals surface area (Å²) in [6.45, 7) is 3.94. The minimum atomic E-state index is -1.33. The maximum Gasteiger partial charge on any atom is 0.404 e. The van der Waals surface area contributed by atoms with Gasteiger partial charge in [0.05, 0.1) is 12.1 Å². The second-order valence-corrected chi connectivity index (χ2v) is 8.04. The number of rotatable bonds is 8. The van der Waals surface area contributed by atoms with E-state index in [1.54, 1.807) is 0 Å². The molecule has 2 aromatic rings. The molecule has 0 spiro atoms. The Labute approximate surface area is 170 Å².